The van der Waals surface area contributed by atoms with Gasteiger partial charge in [-0.2, -0.15) is 0 Å². The van der Waals surface area contributed by atoms with Crippen molar-refractivity contribution < 1.29 is 14.6 Å². The van der Waals surface area contributed by atoms with Crippen LogP contribution in [0, 0.1) is 6.92 Å². The highest BCUT2D eigenvalue weighted by Crippen LogP contribution is 2.19. The Hall–Kier alpha value is -1.94. The minimum absolute atomic E-state index is 0.270. The smallest absolute Gasteiger partial charge is 0.335 e. The van der Waals surface area contributed by atoms with E-state index in [-0.39, 0.29) is 5.56 Å². The summed E-state index contributed by atoms with van der Waals surface area (Å²) >= 11 is 1.74. The van der Waals surface area contributed by atoms with Gasteiger partial charge in [-0.1, -0.05) is 17.7 Å². The lowest BCUT2D eigenvalue weighted by atomic mass is 10.2. The summed E-state index contributed by atoms with van der Waals surface area (Å²) in [5, 5.41) is 8.79. The molecule has 0 aliphatic heterocycles. The number of aryl methyl sites for hydroxylation is 1. The molecular weight excluding hydrogens is 272 g/mol. The number of rotatable bonds is 6. The summed E-state index contributed by atoms with van der Waals surface area (Å²) in [5.41, 5.74) is 1.52. The zero-order chi connectivity index (χ0) is 14.4. The normalized spacial score (nSPS) is 10.2. The summed E-state index contributed by atoms with van der Waals surface area (Å²) in [7, 11) is 0. The van der Waals surface area contributed by atoms with Gasteiger partial charge in [0.15, 0.2) is 0 Å². The summed E-state index contributed by atoms with van der Waals surface area (Å²) < 4.78 is 5.58. The van der Waals surface area contributed by atoms with E-state index in [1.165, 1.54) is 10.5 Å². The molecule has 0 aliphatic rings. The molecule has 0 aliphatic carbocycles. The number of hydrogen-bond donors (Lipinski definition) is 1. The molecule has 2 rings (SSSR count). The molecule has 104 valence electrons. The van der Waals surface area contributed by atoms with Crippen molar-refractivity contribution in [2.75, 3.05) is 12.4 Å². The average Bonchev–Trinajstić information content (AvgIpc) is 2.44. The Labute approximate surface area is 122 Å². The highest BCUT2D eigenvalue weighted by Gasteiger charge is 2.02. The van der Waals surface area contributed by atoms with Gasteiger partial charge in [-0.25, -0.2) is 4.79 Å². The lowest BCUT2D eigenvalue weighted by molar-refractivity contribution is 0.0697. The van der Waals surface area contributed by atoms with E-state index in [1.807, 2.05) is 6.07 Å². The SMILES string of the molecule is Cc1cccc(SCCOc2ccc(C(=O)O)cc2)c1. The van der Waals surface area contributed by atoms with Crippen LogP contribution in [0.5, 0.6) is 5.75 Å². The lowest BCUT2D eigenvalue weighted by Crippen LogP contribution is -2.01. The highest BCUT2D eigenvalue weighted by atomic mass is 32.2. The molecule has 1 N–H and O–H groups in total. The zero-order valence-electron chi connectivity index (χ0n) is 11.2. The molecule has 0 unspecified atom stereocenters. The van der Waals surface area contributed by atoms with E-state index in [0.717, 1.165) is 5.75 Å². The Morgan fingerprint density at radius 3 is 2.60 bits per heavy atom. The van der Waals surface area contributed by atoms with Gasteiger partial charge in [-0.15, -0.1) is 11.8 Å². The molecule has 0 heterocycles. The molecule has 0 atom stereocenters. The molecule has 0 amide bonds. The van der Waals surface area contributed by atoms with Crippen LogP contribution in [0.2, 0.25) is 0 Å². The third-order valence-corrected chi connectivity index (χ3v) is 3.67. The maximum atomic E-state index is 10.7. The number of thioether (sulfide) groups is 1. The lowest BCUT2D eigenvalue weighted by Gasteiger charge is -2.06. The van der Waals surface area contributed by atoms with Crippen molar-refractivity contribution in [3.05, 3.63) is 59.7 Å². The van der Waals surface area contributed by atoms with Gasteiger partial charge in [0.25, 0.3) is 0 Å². The highest BCUT2D eigenvalue weighted by molar-refractivity contribution is 7.99. The van der Waals surface area contributed by atoms with E-state index in [4.69, 9.17) is 9.84 Å². The van der Waals surface area contributed by atoms with Crippen molar-refractivity contribution in [1.82, 2.24) is 0 Å². The van der Waals surface area contributed by atoms with E-state index in [2.05, 4.69) is 25.1 Å². The first-order valence-corrected chi connectivity index (χ1v) is 7.29. The summed E-state index contributed by atoms with van der Waals surface area (Å²) in [6.07, 6.45) is 0. The number of aromatic carboxylic acids is 1. The number of carbonyl (C=O) groups is 1. The van der Waals surface area contributed by atoms with Gasteiger partial charge >= 0.3 is 5.97 Å². The number of carboxylic acid groups (broad SMARTS) is 1. The second-order valence-electron chi connectivity index (χ2n) is 4.34. The van der Waals surface area contributed by atoms with Gasteiger partial charge in [0.2, 0.25) is 0 Å². The largest absolute Gasteiger partial charge is 0.493 e. The maximum Gasteiger partial charge on any atom is 0.335 e. The molecule has 2 aromatic rings. The molecular formula is C16H16O3S. The van der Waals surface area contributed by atoms with Crippen molar-refractivity contribution in [3.63, 3.8) is 0 Å². The molecule has 0 bridgehead atoms. The first-order chi connectivity index (χ1) is 9.65. The molecule has 4 heteroatoms. The van der Waals surface area contributed by atoms with Crippen LogP contribution in [0.25, 0.3) is 0 Å². The Bertz CT molecular complexity index is 579. The average molecular weight is 288 g/mol. The van der Waals surface area contributed by atoms with Gasteiger partial charge in [0.05, 0.1) is 12.2 Å². The minimum Gasteiger partial charge on any atom is -0.493 e. The van der Waals surface area contributed by atoms with Crippen molar-refractivity contribution >= 4 is 17.7 Å². The number of hydrogen-bond acceptors (Lipinski definition) is 3. The molecule has 2 aromatic carbocycles. The topological polar surface area (TPSA) is 46.5 Å². The summed E-state index contributed by atoms with van der Waals surface area (Å²) in [4.78, 5) is 11.9. The molecule has 3 nitrogen and oxygen atoms in total. The van der Waals surface area contributed by atoms with Crippen molar-refractivity contribution in [2.24, 2.45) is 0 Å². The Kier molecular flexibility index (Phi) is 5.07. The third-order valence-electron chi connectivity index (χ3n) is 2.71. The molecule has 0 fully saturated rings. The van der Waals surface area contributed by atoms with Crippen molar-refractivity contribution in [3.8, 4) is 5.75 Å². The molecule has 0 saturated carbocycles. The fourth-order valence-corrected chi connectivity index (χ4v) is 2.56. The Morgan fingerprint density at radius 2 is 1.95 bits per heavy atom. The van der Waals surface area contributed by atoms with Crippen LogP contribution in [0.15, 0.2) is 53.4 Å². The van der Waals surface area contributed by atoms with Gasteiger partial charge in [0.1, 0.15) is 5.75 Å². The van der Waals surface area contributed by atoms with Crippen LogP contribution in [-0.4, -0.2) is 23.4 Å². The number of ether oxygens (including phenoxy) is 1. The van der Waals surface area contributed by atoms with Crippen molar-refractivity contribution in [1.29, 1.82) is 0 Å². The first kappa shape index (κ1) is 14.5. The summed E-state index contributed by atoms with van der Waals surface area (Å²) in [5.74, 6) is 0.621. The quantitative estimate of drug-likeness (QED) is 0.647. The van der Waals surface area contributed by atoms with E-state index in [9.17, 15) is 4.79 Å². The summed E-state index contributed by atoms with van der Waals surface area (Å²) in [6.45, 7) is 2.66. The fourth-order valence-electron chi connectivity index (χ4n) is 1.72. The fraction of sp³-hybridized carbons (Fsp3) is 0.188. The second kappa shape index (κ2) is 7.01. The molecule has 0 aromatic heterocycles. The van der Waals surface area contributed by atoms with E-state index in [1.54, 1.807) is 36.0 Å². The Morgan fingerprint density at radius 1 is 1.20 bits per heavy atom. The predicted octanol–water partition coefficient (Wildman–Crippen LogP) is 3.86. The van der Waals surface area contributed by atoms with E-state index < -0.39 is 5.97 Å². The van der Waals surface area contributed by atoms with Crippen LogP contribution < -0.4 is 4.74 Å². The van der Waals surface area contributed by atoms with Crippen LogP contribution >= 0.6 is 11.8 Å². The second-order valence-corrected chi connectivity index (χ2v) is 5.51. The monoisotopic (exact) mass is 288 g/mol. The van der Waals surface area contributed by atoms with Crippen LogP contribution in [0.4, 0.5) is 0 Å². The van der Waals surface area contributed by atoms with E-state index >= 15 is 0 Å². The maximum absolute atomic E-state index is 10.7. The van der Waals surface area contributed by atoms with Crippen LogP contribution in [0.3, 0.4) is 0 Å². The van der Waals surface area contributed by atoms with Gasteiger partial charge in [0, 0.05) is 10.6 Å². The minimum atomic E-state index is -0.924. The molecule has 0 radical (unpaired) electrons. The Balaban J connectivity index is 1.77. The summed E-state index contributed by atoms with van der Waals surface area (Å²) in [6, 6.07) is 14.8. The van der Waals surface area contributed by atoms with Gasteiger partial charge < -0.3 is 9.84 Å². The first-order valence-electron chi connectivity index (χ1n) is 6.31. The molecule has 0 spiro atoms. The number of benzene rings is 2. The van der Waals surface area contributed by atoms with Gasteiger partial charge in [-0.05, 0) is 43.3 Å². The number of carboxylic acids is 1. The van der Waals surface area contributed by atoms with E-state index in [0.29, 0.717) is 12.4 Å². The molecule has 0 saturated heterocycles. The van der Waals surface area contributed by atoms with Crippen LogP contribution in [-0.2, 0) is 0 Å². The predicted molar refractivity (Wildman–Crippen MR) is 80.8 cm³/mol. The van der Waals surface area contributed by atoms with Crippen molar-refractivity contribution in [2.45, 2.75) is 11.8 Å². The third kappa shape index (κ3) is 4.31. The molecule has 20 heavy (non-hydrogen) atoms. The zero-order valence-corrected chi connectivity index (χ0v) is 12.0. The van der Waals surface area contributed by atoms with Gasteiger partial charge in [-0.3, -0.25) is 0 Å². The van der Waals surface area contributed by atoms with Crippen LogP contribution in [0.1, 0.15) is 15.9 Å². The standard InChI is InChI=1S/C16H16O3S/c1-12-3-2-4-15(11-12)20-10-9-19-14-7-5-13(6-8-14)16(17)18/h2-8,11H,9-10H2,1H3,(H,17,18).